The lowest BCUT2D eigenvalue weighted by Gasteiger charge is -2.22. The summed E-state index contributed by atoms with van der Waals surface area (Å²) in [5.41, 5.74) is 15.9. The average Bonchev–Trinajstić information content (AvgIpc) is 4.03. The van der Waals surface area contributed by atoms with Crippen LogP contribution < -0.4 is 22.1 Å². The Morgan fingerprint density at radius 1 is 0.643 bits per heavy atom. The second kappa shape index (κ2) is 22.5. The van der Waals surface area contributed by atoms with E-state index in [1.165, 1.54) is 52.7 Å². The first-order valence-corrected chi connectivity index (χ1v) is 25.6. The van der Waals surface area contributed by atoms with Gasteiger partial charge in [0, 0.05) is 27.8 Å². The lowest BCUT2D eigenvalue weighted by molar-refractivity contribution is -0.144. The zero-order chi connectivity index (χ0) is 49.8. The van der Waals surface area contributed by atoms with Crippen molar-refractivity contribution in [1.29, 1.82) is 0 Å². The van der Waals surface area contributed by atoms with Crippen molar-refractivity contribution in [2.24, 2.45) is 0 Å². The summed E-state index contributed by atoms with van der Waals surface area (Å²) in [6.45, 7) is 7.92. The summed E-state index contributed by atoms with van der Waals surface area (Å²) in [6.07, 6.45) is 7.92. The van der Waals surface area contributed by atoms with Crippen molar-refractivity contribution in [3.8, 4) is 0 Å². The summed E-state index contributed by atoms with van der Waals surface area (Å²) in [6, 6.07) is 24.9. The van der Waals surface area contributed by atoms with E-state index in [9.17, 15) is 28.0 Å². The average molecular weight is 969 g/mol. The van der Waals surface area contributed by atoms with Gasteiger partial charge in [-0.05, 0) is 41.4 Å². The van der Waals surface area contributed by atoms with Crippen molar-refractivity contribution in [2.45, 2.75) is 58.6 Å². The van der Waals surface area contributed by atoms with E-state index in [0.29, 0.717) is 39.8 Å². The minimum absolute atomic E-state index is 0.0136. The number of carbonyl (C=O) groups is 4. The Hall–Kier alpha value is -8.50. The first-order valence-electron chi connectivity index (χ1n) is 21.9. The molecule has 4 amide bonds. The monoisotopic (exact) mass is 968 g/mol. The Kier molecular flexibility index (Phi) is 15.9. The number of anilines is 4. The minimum Gasteiger partial charge on any atom is -0.383 e. The molecule has 360 valence electrons. The topological polar surface area (TPSA) is 258 Å². The predicted octanol–water partition coefficient (Wildman–Crippen LogP) is 6.27. The van der Waals surface area contributed by atoms with Crippen molar-refractivity contribution in [2.75, 3.05) is 28.7 Å². The molecule has 6 aromatic heterocycles. The van der Waals surface area contributed by atoms with E-state index in [1.807, 2.05) is 60.7 Å². The maximum Gasteiger partial charge on any atom is 0.314 e. The Morgan fingerprint density at radius 3 is 1.67 bits per heavy atom. The third kappa shape index (κ3) is 13.1. The van der Waals surface area contributed by atoms with E-state index in [1.54, 1.807) is 10.9 Å². The number of pyridine rings is 4. The van der Waals surface area contributed by atoms with E-state index in [0.717, 1.165) is 29.6 Å². The molecular formula is C48H50F2N14O5Si. The maximum atomic E-state index is 13.4. The van der Waals surface area contributed by atoms with Crippen LogP contribution in [0.3, 0.4) is 0 Å². The van der Waals surface area contributed by atoms with Gasteiger partial charge in [-0.15, -0.1) is 0 Å². The number of hydrogen-bond donors (Lipinski definition) is 5. The van der Waals surface area contributed by atoms with Crippen LogP contribution in [-0.4, -0.2) is 88.0 Å². The number of benzene rings is 2. The molecule has 0 aliphatic heterocycles. The van der Waals surface area contributed by atoms with Gasteiger partial charge in [-0.3, -0.25) is 34.2 Å². The molecule has 70 heavy (non-hydrogen) atoms. The third-order valence-corrected chi connectivity index (χ3v) is 12.3. The van der Waals surface area contributed by atoms with Crippen molar-refractivity contribution in [1.82, 2.24) is 49.7 Å². The van der Waals surface area contributed by atoms with Crippen LogP contribution in [-0.2, 0) is 56.8 Å². The summed E-state index contributed by atoms with van der Waals surface area (Å²) in [4.78, 5) is 71.3. The van der Waals surface area contributed by atoms with Gasteiger partial charge in [0.15, 0.2) is 0 Å². The summed E-state index contributed by atoms with van der Waals surface area (Å²) in [5, 5.41) is 17.3. The number of ether oxygens (including phenoxy) is 1. The number of carbonyl (C=O) groups excluding carboxylic acids is 4. The molecule has 0 saturated carbocycles. The van der Waals surface area contributed by atoms with Gasteiger partial charge in [0.05, 0.1) is 94.8 Å². The van der Waals surface area contributed by atoms with Crippen molar-refractivity contribution >= 4 is 76.5 Å². The molecular weight excluding hydrogens is 919 g/mol. The number of hydrogen-bond acceptors (Lipinski definition) is 13. The van der Waals surface area contributed by atoms with Crippen LogP contribution in [0.1, 0.15) is 22.5 Å². The second-order valence-electron chi connectivity index (χ2n) is 17.2. The molecule has 0 radical (unpaired) electrons. The van der Waals surface area contributed by atoms with E-state index < -0.39 is 43.3 Å². The molecule has 0 aliphatic rings. The fraction of sp³-hybridized carbons (Fsp3) is 0.208. The standard InChI is InChI=1S/C27H32FN7O3Si.C21H18FN7O2/c1-39(2,3)12-11-38-18-35-24-22(14-32-35)25(29)31-15-23(24)33-26(36)27(37)34(16-19-7-5-4-6-8-19)17-21-10-9-20(28)13-30-21;22-14-6-7-15(24-8-14)12-29(11-13-4-2-1-3-5-13)21(31)20(30)27-17-10-25-19(23)16-9-26-28-18(16)17/h4-10,13-15H,11-12,16-18H2,1-3H3,(H2,29,31)(H,33,36);1-10H,11-12H2,(H2,23,25)(H,26,28)(H,27,30). The molecule has 19 nitrogen and oxygen atoms in total. The highest BCUT2D eigenvalue weighted by molar-refractivity contribution is 6.76. The van der Waals surface area contributed by atoms with Gasteiger partial charge < -0.3 is 36.6 Å². The number of rotatable bonds is 15. The van der Waals surface area contributed by atoms with E-state index in [-0.39, 0.29) is 55.9 Å². The van der Waals surface area contributed by atoms with Gasteiger partial charge in [0.1, 0.15) is 30.0 Å². The van der Waals surface area contributed by atoms with E-state index in [2.05, 4.69) is 65.5 Å². The van der Waals surface area contributed by atoms with Crippen LogP contribution in [0.4, 0.5) is 31.8 Å². The molecule has 6 heterocycles. The van der Waals surface area contributed by atoms with Gasteiger partial charge in [-0.2, -0.15) is 10.2 Å². The number of nitrogens with zero attached hydrogens (tertiary/aromatic N) is 9. The van der Waals surface area contributed by atoms with Gasteiger partial charge in [-0.25, -0.2) is 23.4 Å². The van der Waals surface area contributed by atoms with Crippen LogP contribution in [0, 0.1) is 11.6 Å². The first kappa shape index (κ1) is 49.4. The lowest BCUT2D eigenvalue weighted by Crippen LogP contribution is -2.39. The molecule has 8 aromatic rings. The number of aromatic amines is 1. The molecule has 0 atom stereocenters. The van der Waals surface area contributed by atoms with Crippen LogP contribution in [0.25, 0.3) is 21.8 Å². The third-order valence-electron chi connectivity index (χ3n) is 10.6. The quantitative estimate of drug-likeness (QED) is 0.0432. The van der Waals surface area contributed by atoms with Crippen LogP contribution in [0.15, 0.2) is 122 Å². The molecule has 7 N–H and O–H groups in total. The molecule has 22 heteroatoms. The fourth-order valence-electron chi connectivity index (χ4n) is 6.93. The van der Waals surface area contributed by atoms with Gasteiger partial charge in [0.25, 0.3) is 0 Å². The molecule has 0 saturated heterocycles. The Balaban J connectivity index is 0.000000212. The molecule has 2 aromatic carbocycles. The highest BCUT2D eigenvalue weighted by Gasteiger charge is 2.26. The Labute approximate surface area is 401 Å². The normalized spacial score (nSPS) is 11.2. The van der Waals surface area contributed by atoms with Crippen molar-refractivity contribution in [3.63, 3.8) is 0 Å². The summed E-state index contributed by atoms with van der Waals surface area (Å²) in [7, 11) is -1.26. The zero-order valence-corrected chi connectivity index (χ0v) is 39.5. The number of amides is 4. The minimum atomic E-state index is -1.26. The number of H-pyrrole nitrogens is 1. The molecule has 8 rings (SSSR count). The zero-order valence-electron chi connectivity index (χ0n) is 38.5. The molecule has 0 spiro atoms. The molecule has 0 unspecified atom stereocenters. The van der Waals surface area contributed by atoms with Gasteiger partial charge in [-0.1, -0.05) is 80.3 Å². The predicted molar refractivity (Wildman–Crippen MR) is 261 cm³/mol. The van der Waals surface area contributed by atoms with Crippen LogP contribution >= 0.6 is 0 Å². The molecule has 0 fully saturated rings. The number of nitrogens with one attached hydrogen (secondary N) is 3. The molecule has 0 aliphatic carbocycles. The van der Waals surface area contributed by atoms with Crippen LogP contribution in [0.5, 0.6) is 0 Å². The second-order valence-corrected chi connectivity index (χ2v) is 22.8. The van der Waals surface area contributed by atoms with Gasteiger partial charge in [0.2, 0.25) is 0 Å². The van der Waals surface area contributed by atoms with E-state index >= 15 is 0 Å². The van der Waals surface area contributed by atoms with Gasteiger partial charge >= 0.3 is 23.6 Å². The number of fused-ring (bicyclic) bond motifs is 2. The maximum absolute atomic E-state index is 13.4. The summed E-state index contributed by atoms with van der Waals surface area (Å²) >= 11 is 0. The SMILES string of the molecule is C[Si](C)(C)CCOCn1ncc2c(N)ncc(NC(=O)C(=O)N(Cc3ccccc3)Cc3ccc(F)cn3)c21.Nc1ncc(NC(=O)C(=O)N(Cc2ccccc2)Cc2ccc(F)cn2)c2[nH]ncc12. The lowest BCUT2D eigenvalue weighted by atomic mass is 10.2. The number of nitrogen functional groups attached to an aromatic ring is 2. The van der Waals surface area contributed by atoms with Crippen molar-refractivity contribution < 1.29 is 32.7 Å². The van der Waals surface area contributed by atoms with Crippen molar-refractivity contribution in [3.05, 3.63) is 156 Å². The van der Waals surface area contributed by atoms with E-state index in [4.69, 9.17) is 16.2 Å². The highest BCUT2D eigenvalue weighted by Crippen LogP contribution is 2.27. The van der Waals surface area contributed by atoms with Crippen LogP contribution in [0.2, 0.25) is 25.7 Å². The smallest absolute Gasteiger partial charge is 0.314 e. The summed E-state index contributed by atoms with van der Waals surface area (Å²) in [5.74, 6) is -3.77. The summed E-state index contributed by atoms with van der Waals surface area (Å²) < 4.78 is 34.0. The Bertz CT molecular complexity index is 3080. The number of nitrogens with two attached hydrogens (primary N) is 2. The first-order chi connectivity index (χ1) is 33.6. The Morgan fingerprint density at radius 2 is 1.16 bits per heavy atom. The number of halogens is 2. The largest absolute Gasteiger partial charge is 0.383 e. The molecule has 0 bridgehead atoms. The fourth-order valence-corrected chi connectivity index (χ4v) is 7.68. The number of aromatic nitrogens is 8. The highest BCUT2D eigenvalue weighted by atomic mass is 28.3.